The van der Waals surface area contributed by atoms with Crippen molar-refractivity contribution in [1.82, 2.24) is 0 Å². The molecule has 2 aromatic carbocycles. The van der Waals surface area contributed by atoms with Crippen molar-refractivity contribution in [3.8, 4) is 0 Å². The number of ether oxygens (including phenoxy) is 1. The van der Waals surface area contributed by atoms with Gasteiger partial charge in [-0.05, 0) is 24.3 Å². The van der Waals surface area contributed by atoms with Crippen molar-refractivity contribution in [2.75, 3.05) is 12.4 Å². The zero-order chi connectivity index (χ0) is 14.5. The van der Waals surface area contributed by atoms with Crippen LogP contribution in [0.4, 0.5) is 15.8 Å². The fourth-order valence-electron chi connectivity index (χ4n) is 1.83. The summed E-state index contributed by atoms with van der Waals surface area (Å²) in [5.41, 5.74) is 7.15. The van der Waals surface area contributed by atoms with E-state index in [0.717, 1.165) is 5.69 Å². The normalized spacial score (nSPS) is 11.9. The zero-order valence-corrected chi connectivity index (χ0v) is 11.0. The van der Waals surface area contributed by atoms with Crippen LogP contribution in [0.15, 0.2) is 48.5 Å². The predicted molar refractivity (Wildman–Crippen MR) is 75.5 cm³/mol. The fourth-order valence-corrected chi connectivity index (χ4v) is 1.83. The largest absolute Gasteiger partial charge is 0.366 e. The molecule has 1 atom stereocenters. The van der Waals surface area contributed by atoms with E-state index in [1.165, 1.54) is 25.3 Å². The van der Waals surface area contributed by atoms with Crippen molar-refractivity contribution >= 4 is 17.3 Å². The molecule has 0 aliphatic carbocycles. The molecule has 0 saturated carbocycles. The molecule has 2 aromatic rings. The molecule has 0 aromatic heterocycles. The predicted octanol–water partition coefficient (Wildman–Crippen LogP) is 3.14. The number of para-hydroxylation sites is 1. The molecule has 0 bridgehead atoms. The van der Waals surface area contributed by atoms with Gasteiger partial charge in [-0.2, -0.15) is 0 Å². The monoisotopic (exact) mass is 274 g/mol. The van der Waals surface area contributed by atoms with Gasteiger partial charge in [0.25, 0.3) is 5.91 Å². The van der Waals surface area contributed by atoms with Gasteiger partial charge in [-0.25, -0.2) is 4.39 Å². The lowest BCUT2D eigenvalue weighted by Gasteiger charge is -2.13. The van der Waals surface area contributed by atoms with Crippen LogP contribution in [0.5, 0.6) is 0 Å². The third-order valence-corrected chi connectivity index (χ3v) is 2.83. The molecule has 2 rings (SSSR count). The zero-order valence-electron chi connectivity index (χ0n) is 11.0. The molecule has 104 valence electrons. The highest BCUT2D eigenvalue weighted by Crippen LogP contribution is 2.27. The van der Waals surface area contributed by atoms with Crippen molar-refractivity contribution in [3.05, 3.63) is 59.7 Å². The van der Waals surface area contributed by atoms with E-state index in [1.807, 2.05) is 30.3 Å². The van der Waals surface area contributed by atoms with E-state index in [9.17, 15) is 9.18 Å². The second-order valence-electron chi connectivity index (χ2n) is 4.21. The highest BCUT2D eigenvalue weighted by Gasteiger charge is 2.14. The van der Waals surface area contributed by atoms with Crippen LogP contribution in [0.1, 0.15) is 22.3 Å². The van der Waals surface area contributed by atoms with E-state index < -0.39 is 12.3 Å². The Morgan fingerprint density at radius 1 is 1.25 bits per heavy atom. The molecule has 0 saturated heterocycles. The second kappa shape index (κ2) is 6.16. The van der Waals surface area contributed by atoms with Crippen LogP contribution < -0.4 is 11.1 Å². The minimum Gasteiger partial charge on any atom is -0.366 e. The number of hydrogen-bond acceptors (Lipinski definition) is 3. The van der Waals surface area contributed by atoms with Gasteiger partial charge in [-0.1, -0.05) is 24.3 Å². The highest BCUT2D eigenvalue weighted by atomic mass is 19.1. The number of anilines is 2. The number of alkyl halides is 1. The number of nitrogens with one attached hydrogen (secondary N) is 1. The Labute approximate surface area is 116 Å². The summed E-state index contributed by atoms with van der Waals surface area (Å²) in [6.45, 7) is 0. The third-order valence-electron chi connectivity index (χ3n) is 2.83. The summed E-state index contributed by atoms with van der Waals surface area (Å²) < 4.78 is 18.2. The van der Waals surface area contributed by atoms with E-state index in [4.69, 9.17) is 5.73 Å². The first kappa shape index (κ1) is 14.0. The SMILES string of the molecule is COC(F)c1ccc(C(N)=O)c(Nc2ccccc2)c1. The number of primary amides is 1. The van der Waals surface area contributed by atoms with Crippen LogP contribution in [0.3, 0.4) is 0 Å². The van der Waals surface area contributed by atoms with Crippen molar-refractivity contribution in [1.29, 1.82) is 0 Å². The molecule has 0 fully saturated rings. The van der Waals surface area contributed by atoms with Crippen molar-refractivity contribution < 1.29 is 13.9 Å². The fraction of sp³-hybridized carbons (Fsp3) is 0.133. The molecule has 4 nitrogen and oxygen atoms in total. The summed E-state index contributed by atoms with van der Waals surface area (Å²) in [7, 11) is 1.27. The second-order valence-corrected chi connectivity index (χ2v) is 4.21. The van der Waals surface area contributed by atoms with E-state index >= 15 is 0 Å². The van der Waals surface area contributed by atoms with Gasteiger partial charge in [0.05, 0.1) is 11.3 Å². The average Bonchev–Trinajstić information content (AvgIpc) is 2.47. The van der Waals surface area contributed by atoms with Crippen LogP contribution >= 0.6 is 0 Å². The van der Waals surface area contributed by atoms with Crippen LogP contribution in [0, 0.1) is 0 Å². The first-order valence-electron chi connectivity index (χ1n) is 6.04. The Morgan fingerprint density at radius 3 is 2.55 bits per heavy atom. The van der Waals surface area contributed by atoms with E-state index in [1.54, 1.807) is 0 Å². The molecule has 1 unspecified atom stereocenters. The number of benzene rings is 2. The minimum absolute atomic E-state index is 0.293. The molecule has 1 amide bonds. The number of rotatable bonds is 5. The van der Waals surface area contributed by atoms with Gasteiger partial charge >= 0.3 is 0 Å². The van der Waals surface area contributed by atoms with Crippen molar-refractivity contribution in [3.63, 3.8) is 0 Å². The number of carbonyl (C=O) groups excluding carboxylic acids is 1. The quantitative estimate of drug-likeness (QED) is 0.880. The van der Waals surface area contributed by atoms with Gasteiger partial charge < -0.3 is 15.8 Å². The topological polar surface area (TPSA) is 64.3 Å². The Balaban J connectivity index is 2.39. The lowest BCUT2D eigenvalue weighted by Crippen LogP contribution is -2.13. The van der Waals surface area contributed by atoms with Gasteiger partial charge in [0.1, 0.15) is 0 Å². The van der Waals surface area contributed by atoms with Crippen molar-refractivity contribution in [2.24, 2.45) is 5.73 Å². The maximum atomic E-state index is 13.5. The lowest BCUT2D eigenvalue weighted by molar-refractivity contribution is -0.00658. The Bertz CT molecular complexity index is 602. The summed E-state index contributed by atoms with van der Waals surface area (Å²) in [6, 6.07) is 13.7. The number of amides is 1. The average molecular weight is 274 g/mol. The molecular formula is C15H15FN2O2. The third kappa shape index (κ3) is 3.13. The number of methoxy groups -OCH3 is 1. The highest BCUT2D eigenvalue weighted by molar-refractivity contribution is 5.99. The summed E-state index contributed by atoms with van der Waals surface area (Å²) >= 11 is 0. The van der Waals surface area contributed by atoms with Crippen LogP contribution in [-0.2, 0) is 4.74 Å². The van der Waals surface area contributed by atoms with E-state index in [-0.39, 0.29) is 0 Å². The summed E-state index contributed by atoms with van der Waals surface area (Å²) in [5, 5.41) is 3.05. The standard InChI is InChI=1S/C15H15FN2O2/c1-20-14(16)10-7-8-12(15(17)19)13(9-10)18-11-5-3-2-4-6-11/h2-9,14,18H,1H3,(H2,17,19). The van der Waals surface area contributed by atoms with Gasteiger partial charge in [0.15, 0.2) is 0 Å². The van der Waals surface area contributed by atoms with Gasteiger partial charge in [-0.15, -0.1) is 0 Å². The van der Waals surface area contributed by atoms with Crippen LogP contribution in [0.2, 0.25) is 0 Å². The molecule has 20 heavy (non-hydrogen) atoms. The maximum absolute atomic E-state index is 13.5. The number of nitrogens with two attached hydrogens (primary N) is 1. The Kier molecular flexibility index (Phi) is 4.32. The minimum atomic E-state index is -1.55. The first-order valence-corrected chi connectivity index (χ1v) is 6.04. The molecule has 0 spiro atoms. The summed E-state index contributed by atoms with van der Waals surface area (Å²) in [5.74, 6) is -0.581. The number of carbonyl (C=O) groups is 1. The molecule has 0 aliphatic rings. The molecule has 0 radical (unpaired) electrons. The summed E-state index contributed by atoms with van der Waals surface area (Å²) in [6.07, 6.45) is -1.55. The number of halogens is 1. The molecular weight excluding hydrogens is 259 g/mol. The van der Waals surface area contributed by atoms with Gasteiger partial charge in [0.2, 0.25) is 6.36 Å². The van der Waals surface area contributed by atoms with E-state index in [0.29, 0.717) is 16.8 Å². The van der Waals surface area contributed by atoms with Crippen LogP contribution in [-0.4, -0.2) is 13.0 Å². The van der Waals surface area contributed by atoms with Gasteiger partial charge in [-0.3, -0.25) is 4.79 Å². The molecule has 5 heteroatoms. The smallest absolute Gasteiger partial charge is 0.250 e. The first-order chi connectivity index (χ1) is 9.61. The molecule has 0 aliphatic heterocycles. The van der Waals surface area contributed by atoms with Crippen LogP contribution in [0.25, 0.3) is 0 Å². The number of hydrogen-bond donors (Lipinski definition) is 2. The maximum Gasteiger partial charge on any atom is 0.250 e. The van der Waals surface area contributed by atoms with E-state index in [2.05, 4.69) is 10.1 Å². The van der Waals surface area contributed by atoms with Crippen molar-refractivity contribution in [2.45, 2.75) is 6.36 Å². The lowest BCUT2D eigenvalue weighted by atomic mass is 10.1. The van der Waals surface area contributed by atoms with Gasteiger partial charge in [0, 0.05) is 18.4 Å². The Morgan fingerprint density at radius 2 is 1.95 bits per heavy atom. The summed E-state index contributed by atoms with van der Waals surface area (Å²) in [4.78, 5) is 11.4. The molecule has 3 N–H and O–H groups in total. The molecule has 0 heterocycles. The Hall–Kier alpha value is -2.40.